The first-order chi connectivity index (χ1) is 16.0. The molecule has 0 fully saturated rings. The van der Waals surface area contributed by atoms with Crippen LogP contribution in [0.3, 0.4) is 0 Å². The summed E-state index contributed by atoms with van der Waals surface area (Å²) in [6.07, 6.45) is 0. The van der Waals surface area contributed by atoms with Crippen LogP contribution in [-0.2, 0) is 13.1 Å². The van der Waals surface area contributed by atoms with Crippen LogP contribution in [-0.4, -0.2) is 47.8 Å². The van der Waals surface area contributed by atoms with E-state index >= 15 is 0 Å². The molecule has 2 aliphatic heterocycles. The molecule has 7 nitrogen and oxygen atoms in total. The highest BCUT2D eigenvalue weighted by Crippen LogP contribution is 2.31. The molecule has 0 unspecified atom stereocenters. The Morgan fingerprint density at radius 2 is 1.58 bits per heavy atom. The number of benzene rings is 3. The molecule has 0 N–H and O–H groups in total. The van der Waals surface area contributed by atoms with Crippen LogP contribution in [0.15, 0.2) is 66.7 Å². The van der Waals surface area contributed by atoms with E-state index in [0.29, 0.717) is 42.4 Å². The van der Waals surface area contributed by atoms with E-state index < -0.39 is 0 Å². The van der Waals surface area contributed by atoms with Gasteiger partial charge in [0.15, 0.2) is 11.5 Å². The summed E-state index contributed by atoms with van der Waals surface area (Å²) in [7, 11) is 1.70. The van der Waals surface area contributed by atoms with Crippen LogP contribution in [0.5, 0.6) is 11.5 Å². The molecule has 2 aliphatic rings. The van der Waals surface area contributed by atoms with Crippen molar-refractivity contribution in [1.82, 2.24) is 9.80 Å². The highest BCUT2D eigenvalue weighted by atomic mass is 16.6. The molecule has 0 aliphatic carbocycles. The number of imide groups is 1. The number of carbonyl (C=O) groups is 3. The molecule has 33 heavy (non-hydrogen) atoms. The number of rotatable bonds is 5. The van der Waals surface area contributed by atoms with Gasteiger partial charge in [-0.15, -0.1) is 0 Å². The Morgan fingerprint density at radius 3 is 2.36 bits per heavy atom. The minimum absolute atomic E-state index is 0.195. The first-order valence-corrected chi connectivity index (χ1v) is 10.7. The van der Waals surface area contributed by atoms with Gasteiger partial charge in [0.05, 0.1) is 17.7 Å². The van der Waals surface area contributed by atoms with Crippen LogP contribution in [0.25, 0.3) is 0 Å². The monoisotopic (exact) mass is 442 g/mol. The molecule has 0 saturated heterocycles. The zero-order chi connectivity index (χ0) is 22.9. The van der Waals surface area contributed by atoms with Crippen LogP contribution in [0, 0.1) is 0 Å². The number of fused-ring (bicyclic) bond motifs is 2. The molecular weight excluding hydrogens is 420 g/mol. The van der Waals surface area contributed by atoms with Crippen molar-refractivity contribution >= 4 is 17.7 Å². The summed E-state index contributed by atoms with van der Waals surface area (Å²) in [4.78, 5) is 41.6. The Labute approximate surface area is 191 Å². The molecule has 0 aromatic heterocycles. The molecular formula is C26H22N2O5. The molecule has 166 valence electrons. The van der Waals surface area contributed by atoms with Crippen LogP contribution < -0.4 is 9.47 Å². The molecule has 3 amide bonds. The first kappa shape index (κ1) is 20.8. The second-order valence-corrected chi connectivity index (χ2v) is 8.08. The van der Waals surface area contributed by atoms with Crippen molar-refractivity contribution in [3.05, 3.63) is 94.5 Å². The van der Waals surface area contributed by atoms with E-state index in [0.717, 1.165) is 11.1 Å². The van der Waals surface area contributed by atoms with E-state index in [2.05, 4.69) is 0 Å². The second-order valence-electron chi connectivity index (χ2n) is 8.08. The summed E-state index contributed by atoms with van der Waals surface area (Å²) in [5.74, 6) is 0.389. The summed E-state index contributed by atoms with van der Waals surface area (Å²) >= 11 is 0. The van der Waals surface area contributed by atoms with Gasteiger partial charge in [0.2, 0.25) is 0 Å². The summed E-state index contributed by atoms with van der Waals surface area (Å²) in [5, 5.41) is 0. The topological polar surface area (TPSA) is 76.2 Å². The molecule has 2 heterocycles. The number of carbonyl (C=O) groups excluding carboxylic acids is 3. The average molecular weight is 442 g/mol. The van der Waals surface area contributed by atoms with E-state index in [1.807, 2.05) is 48.5 Å². The lowest BCUT2D eigenvalue weighted by molar-refractivity contribution is 0.0642. The van der Waals surface area contributed by atoms with Crippen molar-refractivity contribution in [2.75, 3.05) is 20.3 Å². The normalized spacial score (nSPS) is 14.3. The smallest absolute Gasteiger partial charge is 0.261 e. The number of hydrogen-bond donors (Lipinski definition) is 0. The van der Waals surface area contributed by atoms with Crippen LogP contribution in [0.4, 0.5) is 0 Å². The maximum Gasteiger partial charge on any atom is 0.261 e. The SMILES string of the molecule is CN(Cc1ccc2c(c1)OCCO2)C(=O)c1ccc2c(c1)C(=O)N(Cc1ccccc1)C2=O. The molecule has 7 heteroatoms. The summed E-state index contributed by atoms with van der Waals surface area (Å²) in [5.41, 5.74) is 2.70. The van der Waals surface area contributed by atoms with Crippen LogP contribution in [0.2, 0.25) is 0 Å². The number of hydrogen-bond acceptors (Lipinski definition) is 5. The quantitative estimate of drug-likeness (QED) is 0.565. The van der Waals surface area contributed by atoms with Gasteiger partial charge < -0.3 is 14.4 Å². The van der Waals surface area contributed by atoms with E-state index in [-0.39, 0.29) is 29.8 Å². The third kappa shape index (κ3) is 3.93. The Hall–Kier alpha value is -4.13. The molecule has 3 aromatic rings. The minimum Gasteiger partial charge on any atom is -0.486 e. The molecule has 0 radical (unpaired) electrons. The lowest BCUT2D eigenvalue weighted by Gasteiger charge is -2.21. The van der Waals surface area contributed by atoms with Gasteiger partial charge in [-0.3, -0.25) is 19.3 Å². The van der Waals surface area contributed by atoms with Crippen LogP contribution in [0.1, 0.15) is 42.2 Å². The zero-order valence-electron chi connectivity index (χ0n) is 18.1. The third-order valence-electron chi connectivity index (χ3n) is 5.77. The van der Waals surface area contributed by atoms with Crippen molar-refractivity contribution in [3.63, 3.8) is 0 Å². The van der Waals surface area contributed by atoms with Gasteiger partial charge in [-0.1, -0.05) is 36.4 Å². The summed E-state index contributed by atoms with van der Waals surface area (Å²) < 4.78 is 11.2. The fraction of sp³-hybridized carbons (Fsp3) is 0.192. The van der Waals surface area contributed by atoms with Gasteiger partial charge >= 0.3 is 0 Å². The van der Waals surface area contributed by atoms with Crippen molar-refractivity contribution in [2.45, 2.75) is 13.1 Å². The third-order valence-corrected chi connectivity index (χ3v) is 5.77. The number of ether oxygens (including phenoxy) is 2. The number of amides is 3. The standard InChI is InChI=1S/C26H22N2O5/c1-27(15-18-7-10-22-23(13-18)33-12-11-32-22)24(29)19-8-9-20-21(14-19)26(31)28(25(20)30)16-17-5-3-2-4-6-17/h2-10,13-14H,11-12,15-16H2,1H3. The minimum atomic E-state index is -0.386. The number of nitrogens with zero attached hydrogens (tertiary/aromatic N) is 2. The van der Waals surface area contributed by atoms with E-state index in [1.54, 1.807) is 24.1 Å². The lowest BCUT2D eigenvalue weighted by atomic mass is 10.0. The van der Waals surface area contributed by atoms with Crippen molar-refractivity contribution in [3.8, 4) is 11.5 Å². The second kappa shape index (κ2) is 8.43. The highest BCUT2D eigenvalue weighted by Gasteiger charge is 2.36. The highest BCUT2D eigenvalue weighted by molar-refractivity contribution is 6.22. The maximum absolute atomic E-state index is 13.1. The predicted molar refractivity (Wildman–Crippen MR) is 120 cm³/mol. The van der Waals surface area contributed by atoms with Gasteiger partial charge in [-0.05, 0) is 41.5 Å². The Bertz CT molecular complexity index is 1250. The Morgan fingerprint density at radius 1 is 0.848 bits per heavy atom. The largest absolute Gasteiger partial charge is 0.486 e. The van der Waals surface area contributed by atoms with Crippen molar-refractivity contribution in [1.29, 1.82) is 0 Å². The predicted octanol–water partition coefficient (Wildman–Crippen LogP) is 3.53. The summed E-state index contributed by atoms with van der Waals surface area (Å²) in [6, 6.07) is 19.6. The molecule has 5 rings (SSSR count). The zero-order valence-corrected chi connectivity index (χ0v) is 18.1. The van der Waals surface area contributed by atoms with Gasteiger partial charge in [0.25, 0.3) is 17.7 Å². The van der Waals surface area contributed by atoms with E-state index in [4.69, 9.17) is 9.47 Å². The van der Waals surface area contributed by atoms with Gasteiger partial charge in [0.1, 0.15) is 13.2 Å². The molecule has 0 spiro atoms. The van der Waals surface area contributed by atoms with Crippen molar-refractivity contribution in [2.24, 2.45) is 0 Å². The Kier molecular flexibility index (Phi) is 5.30. The molecule has 0 atom stereocenters. The molecule has 3 aromatic carbocycles. The average Bonchev–Trinajstić information content (AvgIpc) is 3.08. The molecule has 0 bridgehead atoms. The Balaban J connectivity index is 1.32. The molecule has 0 saturated carbocycles. The van der Waals surface area contributed by atoms with Gasteiger partial charge in [0, 0.05) is 19.2 Å². The van der Waals surface area contributed by atoms with E-state index in [1.165, 1.54) is 11.0 Å². The lowest BCUT2D eigenvalue weighted by Crippen LogP contribution is -2.29. The van der Waals surface area contributed by atoms with Crippen molar-refractivity contribution < 1.29 is 23.9 Å². The first-order valence-electron chi connectivity index (χ1n) is 10.7. The van der Waals surface area contributed by atoms with Gasteiger partial charge in [-0.2, -0.15) is 0 Å². The van der Waals surface area contributed by atoms with E-state index in [9.17, 15) is 14.4 Å². The van der Waals surface area contributed by atoms with Crippen LogP contribution >= 0.6 is 0 Å². The fourth-order valence-electron chi connectivity index (χ4n) is 4.09. The maximum atomic E-state index is 13.1. The summed E-state index contributed by atoms with van der Waals surface area (Å²) in [6.45, 7) is 1.57. The van der Waals surface area contributed by atoms with Gasteiger partial charge in [-0.25, -0.2) is 0 Å². The fourth-order valence-corrected chi connectivity index (χ4v) is 4.09.